The topological polar surface area (TPSA) is 62.6 Å². The summed E-state index contributed by atoms with van der Waals surface area (Å²) in [5, 5.41) is 8.94. The molecule has 1 aromatic carbocycles. The Morgan fingerprint density at radius 2 is 2.21 bits per heavy atom. The van der Waals surface area contributed by atoms with Crippen LogP contribution in [0.25, 0.3) is 0 Å². The van der Waals surface area contributed by atoms with Crippen molar-refractivity contribution in [2.75, 3.05) is 32.3 Å². The van der Waals surface area contributed by atoms with Gasteiger partial charge < -0.3 is 5.32 Å². The second-order valence-electron chi connectivity index (χ2n) is 7.24. The average Bonchev–Trinajstić information content (AvgIpc) is 2.98. The predicted octanol–water partition coefficient (Wildman–Crippen LogP) is 2.11. The highest BCUT2D eigenvalue weighted by Gasteiger charge is 2.34. The Kier molecular flexibility index (Phi) is 5.03. The number of hydrogen-bond donors (Lipinski definition) is 1. The van der Waals surface area contributed by atoms with Gasteiger partial charge in [0.25, 0.3) is 5.91 Å². The minimum atomic E-state index is -0.726. The lowest BCUT2D eigenvalue weighted by atomic mass is 10.1. The number of alkyl halides is 1. The first-order valence-electron chi connectivity index (χ1n) is 9.28. The average molecular weight is 391 g/mol. The van der Waals surface area contributed by atoms with E-state index in [4.69, 9.17) is 4.84 Å². The predicted molar refractivity (Wildman–Crippen MR) is 98.9 cm³/mol. The Morgan fingerprint density at radius 3 is 2.96 bits per heavy atom. The molecule has 1 amide bonds. The third-order valence-electron chi connectivity index (χ3n) is 5.19. The fourth-order valence-corrected chi connectivity index (χ4v) is 3.67. The van der Waals surface area contributed by atoms with Crippen molar-refractivity contribution in [1.29, 1.82) is 0 Å². The molecule has 3 heterocycles. The number of fused-ring (bicyclic) bond motifs is 3. The van der Waals surface area contributed by atoms with Gasteiger partial charge >= 0.3 is 0 Å². The van der Waals surface area contributed by atoms with E-state index in [0.717, 1.165) is 28.6 Å². The van der Waals surface area contributed by atoms with E-state index < -0.39 is 12.8 Å². The zero-order valence-electron chi connectivity index (χ0n) is 15.9. The third-order valence-corrected chi connectivity index (χ3v) is 5.19. The van der Waals surface area contributed by atoms with E-state index in [1.807, 2.05) is 0 Å². The lowest BCUT2D eigenvalue weighted by Gasteiger charge is -2.27. The van der Waals surface area contributed by atoms with Gasteiger partial charge in [-0.3, -0.25) is 19.2 Å². The Labute approximate surface area is 161 Å². The van der Waals surface area contributed by atoms with Gasteiger partial charge in [-0.05, 0) is 30.7 Å². The number of aryl methyl sites for hydroxylation is 1. The minimum absolute atomic E-state index is 0.210. The quantitative estimate of drug-likeness (QED) is 0.865. The lowest BCUT2D eigenvalue weighted by Crippen LogP contribution is -2.36. The summed E-state index contributed by atoms with van der Waals surface area (Å²) in [6.07, 6.45) is -0.0199. The maximum Gasteiger partial charge on any atom is 0.295 e. The van der Waals surface area contributed by atoms with Crippen LogP contribution >= 0.6 is 0 Å². The van der Waals surface area contributed by atoms with Gasteiger partial charge in [-0.15, -0.1) is 0 Å². The van der Waals surface area contributed by atoms with Crippen LogP contribution in [0.4, 0.5) is 14.5 Å². The van der Waals surface area contributed by atoms with Crippen LogP contribution < -0.4 is 5.32 Å². The van der Waals surface area contributed by atoms with Crippen LogP contribution in [-0.2, 0) is 24.3 Å². The van der Waals surface area contributed by atoms with Crippen molar-refractivity contribution in [2.24, 2.45) is 0 Å². The summed E-state index contributed by atoms with van der Waals surface area (Å²) in [5.74, 6) is -0.541. The molecule has 1 N–H and O–H groups in total. The molecule has 0 spiro atoms. The van der Waals surface area contributed by atoms with Crippen molar-refractivity contribution in [3.63, 3.8) is 0 Å². The Balaban J connectivity index is 1.51. The third kappa shape index (κ3) is 3.47. The number of amides is 1. The van der Waals surface area contributed by atoms with Crippen LogP contribution in [0.1, 0.15) is 27.3 Å². The molecule has 0 fully saturated rings. The first-order chi connectivity index (χ1) is 13.5. The molecule has 0 saturated heterocycles. The normalized spacial score (nSPS) is 19.9. The summed E-state index contributed by atoms with van der Waals surface area (Å²) in [7, 11) is 1.50. The number of rotatable bonds is 4. The Hall–Kier alpha value is -2.52. The Morgan fingerprint density at radius 1 is 1.39 bits per heavy atom. The zero-order valence-corrected chi connectivity index (χ0v) is 15.9. The molecule has 0 bridgehead atoms. The maximum atomic E-state index is 13.4. The highest BCUT2D eigenvalue weighted by atomic mass is 19.1. The number of halogens is 2. The molecule has 1 aromatic heterocycles. The molecule has 1 atom stereocenters. The summed E-state index contributed by atoms with van der Waals surface area (Å²) < 4.78 is 28.2. The van der Waals surface area contributed by atoms with Crippen molar-refractivity contribution < 1.29 is 18.4 Å². The number of aromatic nitrogens is 2. The summed E-state index contributed by atoms with van der Waals surface area (Å²) in [5.41, 5.74) is 3.64. The van der Waals surface area contributed by atoms with Crippen molar-refractivity contribution in [2.45, 2.75) is 32.5 Å². The van der Waals surface area contributed by atoms with E-state index >= 15 is 0 Å². The maximum absolute atomic E-state index is 13.4. The monoisotopic (exact) mass is 391 g/mol. The zero-order chi connectivity index (χ0) is 19.8. The van der Waals surface area contributed by atoms with Crippen LogP contribution in [0.5, 0.6) is 0 Å². The van der Waals surface area contributed by atoms with Gasteiger partial charge in [-0.25, -0.2) is 13.8 Å². The van der Waals surface area contributed by atoms with E-state index in [-0.39, 0.29) is 18.3 Å². The van der Waals surface area contributed by atoms with E-state index in [0.29, 0.717) is 30.9 Å². The first-order valence-corrected chi connectivity index (χ1v) is 9.28. The molecule has 0 aliphatic carbocycles. The molecule has 2 aliphatic heterocycles. The van der Waals surface area contributed by atoms with Crippen LogP contribution in [0.15, 0.2) is 18.2 Å². The standard InChI is InChI=1S/C19H23F2N5O2/c1-12-7-13(3-4-16(12)21)22-11-25-6-5-17-15(10-25)18-19(27)24(2)28-14(8-20)9-26(18)23-17/h3-4,7,14,22H,5-6,8-11H2,1-2H3. The van der Waals surface area contributed by atoms with Gasteiger partial charge in [0, 0.05) is 37.8 Å². The van der Waals surface area contributed by atoms with Crippen LogP contribution in [0.2, 0.25) is 0 Å². The van der Waals surface area contributed by atoms with Gasteiger partial charge in [0.15, 0.2) is 0 Å². The minimum Gasteiger partial charge on any atom is -0.372 e. The number of benzene rings is 1. The van der Waals surface area contributed by atoms with Crippen molar-refractivity contribution in [3.05, 3.63) is 46.5 Å². The molecule has 0 saturated carbocycles. The number of nitrogens with one attached hydrogen (secondary N) is 1. The molecule has 28 heavy (non-hydrogen) atoms. The molecule has 1 unspecified atom stereocenters. The largest absolute Gasteiger partial charge is 0.372 e. The highest BCUT2D eigenvalue weighted by Crippen LogP contribution is 2.26. The molecule has 9 heteroatoms. The van der Waals surface area contributed by atoms with Crippen molar-refractivity contribution in [1.82, 2.24) is 19.7 Å². The van der Waals surface area contributed by atoms with Crippen molar-refractivity contribution in [3.8, 4) is 0 Å². The van der Waals surface area contributed by atoms with Gasteiger partial charge in [-0.1, -0.05) is 0 Å². The molecular formula is C19H23F2N5O2. The van der Waals surface area contributed by atoms with E-state index in [9.17, 15) is 13.6 Å². The highest BCUT2D eigenvalue weighted by molar-refractivity contribution is 5.93. The first kappa shape index (κ1) is 18.8. The number of hydrogen-bond acceptors (Lipinski definition) is 5. The van der Waals surface area contributed by atoms with Crippen LogP contribution in [0, 0.1) is 12.7 Å². The number of nitrogens with zero attached hydrogens (tertiary/aromatic N) is 4. The van der Waals surface area contributed by atoms with E-state index in [2.05, 4.69) is 15.3 Å². The number of hydroxylamine groups is 2. The molecule has 150 valence electrons. The van der Waals surface area contributed by atoms with Crippen molar-refractivity contribution >= 4 is 11.6 Å². The van der Waals surface area contributed by atoms with E-state index in [1.54, 1.807) is 23.7 Å². The smallest absolute Gasteiger partial charge is 0.295 e. The molecule has 2 aliphatic rings. The van der Waals surface area contributed by atoms with Crippen LogP contribution in [0.3, 0.4) is 0 Å². The molecule has 2 aromatic rings. The summed E-state index contributed by atoms with van der Waals surface area (Å²) in [4.78, 5) is 20.2. The second kappa shape index (κ2) is 7.48. The summed E-state index contributed by atoms with van der Waals surface area (Å²) >= 11 is 0. The van der Waals surface area contributed by atoms with Gasteiger partial charge in [0.05, 0.1) is 18.9 Å². The number of carbonyl (C=O) groups is 1. The van der Waals surface area contributed by atoms with Gasteiger partial charge in [-0.2, -0.15) is 5.10 Å². The van der Waals surface area contributed by atoms with Crippen LogP contribution in [-0.4, -0.2) is 58.7 Å². The molecule has 4 rings (SSSR count). The van der Waals surface area contributed by atoms with E-state index in [1.165, 1.54) is 13.1 Å². The van der Waals surface area contributed by atoms with Gasteiger partial charge in [0.2, 0.25) is 0 Å². The lowest BCUT2D eigenvalue weighted by molar-refractivity contribution is -0.152. The second-order valence-corrected chi connectivity index (χ2v) is 7.24. The summed E-state index contributed by atoms with van der Waals surface area (Å²) in [6, 6.07) is 4.92. The Bertz CT molecular complexity index is 901. The number of carbonyl (C=O) groups excluding carboxylic acids is 1. The molecular weight excluding hydrogens is 368 g/mol. The van der Waals surface area contributed by atoms with Gasteiger partial charge in [0.1, 0.15) is 24.3 Å². The fraction of sp³-hybridized carbons (Fsp3) is 0.474. The molecule has 0 radical (unpaired) electrons. The molecule has 7 nitrogen and oxygen atoms in total. The fourth-order valence-electron chi connectivity index (χ4n) is 3.67. The number of anilines is 1. The SMILES string of the molecule is Cc1cc(NCN2CCc3nn4c(c3C2)C(=O)N(C)OC(CF)C4)ccc1F. The summed E-state index contributed by atoms with van der Waals surface area (Å²) in [6.45, 7) is 3.14.